The van der Waals surface area contributed by atoms with Crippen molar-refractivity contribution in [3.05, 3.63) is 0 Å². The van der Waals surface area contributed by atoms with Gasteiger partial charge in [-0.3, -0.25) is 0 Å². The number of hydrogen-bond acceptors (Lipinski definition) is 1. The maximum atomic E-state index is 8.77. The van der Waals surface area contributed by atoms with Crippen LogP contribution in [-0.2, 0) is 0 Å². The Morgan fingerprint density at radius 3 is 2.50 bits per heavy atom. The second-order valence-electron chi connectivity index (χ2n) is 2.93. The molecule has 0 radical (unpaired) electrons. The summed E-state index contributed by atoms with van der Waals surface area (Å²) in [6, 6.07) is 2.38. The van der Waals surface area contributed by atoms with E-state index < -0.39 is 0 Å². The zero-order valence-electron chi connectivity index (χ0n) is 6.72. The molecule has 0 aliphatic carbocycles. The van der Waals surface area contributed by atoms with Gasteiger partial charge in [0.05, 0.1) is 0 Å². The summed E-state index contributed by atoms with van der Waals surface area (Å²) in [7, 11) is 0. The van der Waals surface area contributed by atoms with Gasteiger partial charge in [-0.05, 0) is 0 Å². The molecule has 0 aromatic rings. The van der Waals surface area contributed by atoms with Crippen LogP contribution in [0.15, 0.2) is 0 Å². The predicted octanol–water partition coefficient (Wildman–Crippen LogP) is 2.03. The molecule has 0 aromatic carbocycles. The van der Waals surface area contributed by atoms with E-state index in [0.29, 0.717) is 0 Å². The molecule has 1 unspecified atom stereocenters. The summed E-state index contributed by atoms with van der Waals surface area (Å²) in [5, 5.41) is 8.77. The monoisotopic (exact) mass is 255 g/mol. The maximum absolute atomic E-state index is 8.77. The van der Waals surface area contributed by atoms with Crippen molar-refractivity contribution in [2.75, 3.05) is 0 Å². The summed E-state index contributed by atoms with van der Waals surface area (Å²) < 4.78 is 1.03. The van der Waals surface area contributed by atoms with E-state index in [4.69, 9.17) is 5.26 Å². The van der Waals surface area contributed by atoms with Crippen molar-refractivity contribution in [2.45, 2.75) is 37.6 Å². The van der Waals surface area contributed by atoms with Crippen LogP contribution in [0.3, 0.4) is 0 Å². The molecule has 0 rings (SSSR count). The van der Waals surface area contributed by atoms with Gasteiger partial charge in [0, 0.05) is 0 Å². The third kappa shape index (κ3) is 3.45. The minimum absolute atomic E-state index is 0.0373. The first-order valence-electron chi connectivity index (χ1n) is 3.70. The van der Waals surface area contributed by atoms with Gasteiger partial charge in [-0.1, -0.05) is 0 Å². The molecule has 1 nitrogen and oxygen atoms in total. The number of hydrogen-bond donors (Lipinski definition) is 0. The summed E-state index contributed by atoms with van der Waals surface area (Å²) in [6.45, 7) is 4.22. The zero-order valence-corrected chi connectivity index (χ0v) is 9.28. The molecule has 0 bridgehead atoms. The van der Waals surface area contributed by atoms with Crippen LogP contribution >= 0.6 is 0 Å². The second-order valence-corrected chi connectivity index (χ2v) is 3.84. The second kappa shape index (κ2) is 5.00. The molecule has 0 aliphatic rings. The first-order chi connectivity index (χ1) is 4.68. The van der Waals surface area contributed by atoms with Crippen LogP contribution in [0.2, 0.25) is 4.47 Å². The fourth-order valence-corrected chi connectivity index (χ4v) is 1.39. The van der Waals surface area contributed by atoms with Gasteiger partial charge >= 0.3 is 76.6 Å². The third-order valence-corrected chi connectivity index (χ3v) is 3.69. The van der Waals surface area contributed by atoms with Crippen LogP contribution < -0.4 is 0 Å². The predicted molar refractivity (Wildman–Crippen MR) is 45.2 cm³/mol. The molecule has 58 valence electrons. The van der Waals surface area contributed by atoms with Crippen molar-refractivity contribution in [1.82, 2.24) is 0 Å². The Morgan fingerprint density at radius 2 is 2.20 bits per heavy atom. The number of nitrogens with zero attached hydrogens (tertiary/aromatic N) is 1. The summed E-state index contributed by atoms with van der Waals surface area (Å²) >= 11 is 1.75. The average molecular weight is 253 g/mol. The molecule has 0 spiro atoms. The molecule has 0 N–H and O–H groups in total. The summed E-state index contributed by atoms with van der Waals surface area (Å²) in [4.78, 5) is 0. The summed E-state index contributed by atoms with van der Waals surface area (Å²) in [6.07, 6.45) is 3.45. The molecular weight excluding hydrogens is 238 g/mol. The number of unbranched alkanes of at least 4 members (excludes halogenated alkanes) is 1. The van der Waals surface area contributed by atoms with Gasteiger partial charge in [0.15, 0.2) is 0 Å². The van der Waals surface area contributed by atoms with Crippen LogP contribution in [0.1, 0.15) is 33.1 Å². The van der Waals surface area contributed by atoms with E-state index in [0.717, 1.165) is 10.9 Å². The van der Waals surface area contributed by atoms with Crippen molar-refractivity contribution >= 4 is 22.3 Å². The van der Waals surface area contributed by atoms with Gasteiger partial charge in [0.1, 0.15) is 0 Å². The molecule has 2 heteroatoms. The molecule has 0 saturated heterocycles. The Hall–Kier alpha value is 0.280. The molecule has 0 heterocycles. The van der Waals surface area contributed by atoms with E-state index in [2.05, 4.69) is 19.9 Å². The van der Waals surface area contributed by atoms with Crippen molar-refractivity contribution in [3.63, 3.8) is 0 Å². The Balaban J connectivity index is 3.72. The van der Waals surface area contributed by atoms with E-state index in [-0.39, 0.29) is 5.41 Å². The zero-order chi connectivity index (χ0) is 8.04. The summed E-state index contributed by atoms with van der Waals surface area (Å²) in [5.41, 5.74) is -0.0373. The van der Waals surface area contributed by atoms with Crippen LogP contribution in [0.4, 0.5) is 0 Å². The van der Waals surface area contributed by atoms with Crippen LogP contribution in [0, 0.1) is 16.7 Å². The Morgan fingerprint density at radius 1 is 1.60 bits per heavy atom. The first-order valence-corrected chi connectivity index (χ1v) is 5.51. The summed E-state index contributed by atoms with van der Waals surface area (Å²) in [5.74, 6) is 0. The molecule has 0 amide bonds. The van der Waals surface area contributed by atoms with Crippen molar-refractivity contribution in [1.29, 1.82) is 5.26 Å². The van der Waals surface area contributed by atoms with E-state index in [1.54, 1.807) is 22.3 Å². The molecule has 0 fully saturated rings. The van der Waals surface area contributed by atoms with Gasteiger partial charge in [-0.15, -0.1) is 0 Å². The molecule has 0 aliphatic heterocycles. The van der Waals surface area contributed by atoms with Crippen LogP contribution in [0.5, 0.6) is 0 Å². The van der Waals surface area contributed by atoms with Crippen LogP contribution in [-0.4, -0.2) is 22.3 Å². The van der Waals surface area contributed by atoms with Crippen molar-refractivity contribution < 1.29 is 0 Å². The standard InChI is InChI=1S/C8H15NTe/c1-3-4-5-8(2,6-9)7-10/h10H,3-5,7H2,1-2H3. The Bertz CT molecular complexity index is 128. The number of nitriles is 1. The minimum atomic E-state index is -0.0373. The SMILES string of the molecule is CCCCC(C)(C#N)C[TeH]. The fourth-order valence-electron chi connectivity index (χ4n) is 0.737. The van der Waals surface area contributed by atoms with Crippen molar-refractivity contribution in [2.24, 2.45) is 5.41 Å². The normalized spacial score (nSPS) is 15.8. The van der Waals surface area contributed by atoms with E-state index >= 15 is 0 Å². The van der Waals surface area contributed by atoms with Crippen molar-refractivity contribution in [3.8, 4) is 6.07 Å². The third-order valence-electron chi connectivity index (χ3n) is 1.70. The molecular formula is C8H15NTe. The first kappa shape index (κ1) is 10.3. The molecule has 0 aromatic heterocycles. The fraction of sp³-hybridized carbons (Fsp3) is 0.875. The Labute approximate surface area is 76.7 Å². The van der Waals surface area contributed by atoms with Gasteiger partial charge in [-0.2, -0.15) is 0 Å². The average Bonchev–Trinajstić information content (AvgIpc) is 2.00. The van der Waals surface area contributed by atoms with E-state index in [1.807, 2.05) is 0 Å². The van der Waals surface area contributed by atoms with Crippen LogP contribution in [0.25, 0.3) is 0 Å². The molecule has 0 saturated carbocycles. The quantitative estimate of drug-likeness (QED) is 0.703. The van der Waals surface area contributed by atoms with Gasteiger partial charge in [0.2, 0.25) is 0 Å². The van der Waals surface area contributed by atoms with Gasteiger partial charge < -0.3 is 0 Å². The molecule has 1 atom stereocenters. The number of rotatable bonds is 4. The topological polar surface area (TPSA) is 23.8 Å². The van der Waals surface area contributed by atoms with Gasteiger partial charge in [0.25, 0.3) is 0 Å². The van der Waals surface area contributed by atoms with E-state index in [9.17, 15) is 0 Å². The Kier molecular flexibility index (Phi) is 5.14. The van der Waals surface area contributed by atoms with Gasteiger partial charge in [-0.25, -0.2) is 0 Å². The van der Waals surface area contributed by atoms with E-state index in [1.165, 1.54) is 12.8 Å². The molecule has 10 heavy (non-hydrogen) atoms.